The van der Waals surface area contributed by atoms with E-state index in [-0.39, 0.29) is 6.61 Å². The Hall–Kier alpha value is -2.34. The molecule has 140 valence electrons. The highest BCUT2D eigenvalue weighted by atomic mass is 19.4. The monoisotopic (exact) mass is 366 g/mol. The molecule has 0 fully saturated rings. The first-order valence-corrected chi connectivity index (χ1v) is 8.48. The molecular weight excluding hydrogens is 345 g/mol. The fourth-order valence-electron chi connectivity index (χ4n) is 2.39. The largest absolute Gasteiger partial charge is 0.522 e. The third kappa shape index (κ3) is 6.88. The number of unbranched alkanes of at least 4 members (excludes halogenated alkanes) is 1. The molecule has 0 spiro atoms. The topological polar surface area (TPSA) is 35.5 Å². The molecule has 0 bridgehead atoms. The molecule has 0 heterocycles. The zero-order valence-corrected chi connectivity index (χ0v) is 14.5. The van der Waals surface area contributed by atoms with Crippen LogP contribution in [0.1, 0.15) is 41.3 Å². The number of hydrogen-bond acceptors (Lipinski definition) is 3. The van der Waals surface area contributed by atoms with Gasteiger partial charge in [0.15, 0.2) is 0 Å². The van der Waals surface area contributed by atoms with Gasteiger partial charge in [-0.25, -0.2) is 4.79 Å². The lowest BCUT2D eigenvalue weighted by Crippen LogP contribution is -2.14. The lowest BCUT2D eigenvalue weighted by Gasteiger charge is -2.08. The summed E-state index contributed by atoms with van der Waals surface area (Å²) in [7, 11) is 0. The Labute approximate surface area is 150 Å². The molecule has 0 aliphatic carbocycles. The van der Waals surface area contributed by atoms with E-state index in [1.807, 2.05) is 19.1 Å². The summed E-state index contributed by atoms with van der Waals surface area (Å²) in [5, 5.41) is 0. The summed E-state index contributed by atoms with van der Waals surface area (Å²) >= 11 is 0. The third-order valence-electron chi connectivity index (χ3n) is 3.86. The van der Waals surface area contributed by atoms with Crippen molar-refractivity contribution in [2.75, 3.05) is 6.61 Å². The number of halogens is 3. The predicted octanol–water partition coefficient (Wildman–Crippen LogP) is 5.33. The van der Waals surface area contributed by atoms with Crippen molar-refractivity contribution in [3.05, 3.63) is 65.2 Å². The molecule has 3 nitrogen and oxygen atoms in total. The number of alkyl halides is 3. The Bertz CT molecular complexity index is 692. The summed E-state index contributed by atoms with van der Waals surface area (Å²) < 4.78 is 44.6. The van der Waals surface area contributed by atoms with Crippen LogP contribution in [0.4, 0.5) is 13.2 Å². The van der Waals surface area contributed by atoms with Crippen molar-refractivity contribution in [3.8, 4) is 5.75 Å². The van der Waals surface area contributed by atoms with Crippen molar-refractivity contribution < 1.29 is 27.4 Å². The Morgan fingerprint density at radius 3 is 2.12 bits per heavy atom. The van der Waals surface area contributed by atoms with E-state index in [2.05, 4.69) is 4.74 Å². The van der Waals surface area contributed by atoms with Gasteiger partial charge >= 0.3 is 12.3 Å². The fraction of sp³-hybridized carbons (Fsp3) is 0.350. The van der Waals surface area contributed by atoms with Crippen LogP contribution in [0.25, 0.3) is 0 Å². The summed E-state index contributed by atoms with van der Waals surface area (Å²) in [4.78, 5) is 12.1. The molecule has 2 aromatic rings. The smallest absolute Gasteiger partial charge is 0.423 e. The van der Waals surface area contributed by atoms with Crippen LogP contribution < -0.4 is 4.74 Å². The molecule has 0 unspecified atom stereocenters. The normalized spacial score (nSPS) is 11.4. The van der Waals surface area contributed by atoms with Crippen molar-refractivity contribution in [1.82, 2.24) is 0 Å². The number of rotatable bonds is 8. The zero-order valence-electron chi connectivity index (χ0n) is 14.5. The molecule has 26 heavy (non-hydrogen) atoms. The van der Waals surface area contributed by atoms with Crippen LogP contribution in [0.2, 0.25) is 0 Å². The van der Waals surface area contributed by atoms with Gasteiger partial charge in [0.05, 0.1) is 12.2 Å². The lowest BCUT2D eigenvalue weighted by atomic mass is 10.1. The van der Waals surface area contributed by atoms with Crippen LogP contribution >= 0.6 is 0 Å². The summed E-state index contributed by atoms with van der Waals surface area (Å²) in [5.41, 5.74) is 2.53. The van der Waals surface area contributed by atoms with Gasteiger partial charge in [-0.2, -0.15) is 0 Å². The Balaban J connectivity index is 1.79. The van der Waals surface area contributed by atoms with E-state index >= 15 is 0 Å². The molecular formula is C20H21F3O3. The second-order valence-electron chi connectivity index (χ2n) is 5.84. The first kappa shape index (κ1) is 20.0. The quantitative estimate of drug-likeness (QED) is 0.360. The third-order valence-corrected chi connectivity index (χ3v) is 3.86. The van der Waals surface area contributed by atoms with Crippen LogP contribution in [0, 0.1) is 0 Å². The minimum absolute atomic E-state index is 0.317. The van der Waals surface area contributed by atoms with Gasteiger partial charge in [0, 0.05) is 0 Å². The van der Waals surface area contributed by atoms with Crippen LogP contribution in [0.15, 0.2) is 48.5 Å². The van der Waals surface area contributed by atoms with Gasteiger partial charge in [-0.15, -0.1) is 13.2 Å². The van der Waals surface area contributed by atoms with Gasteiger partial charge in [0.25, 0.3) is 0 Å². The summed E-state index contributed by atoms with van der Waals surface area (Å²) in [5.74, 6) is 0.0420. The molecule has 2 aromatic carbocycles. The lowest BCUT2D eigenvalue weighted by molar-refractivity contribution is -0.324. The van der Waals surface area contributed by atoms with E-state index < -0.39 is 12.3 Å². The van der Waals surface area contributed by atoms with Gasteiger partial charge in [0.1, 0.15) is 5.75 Å². The Morgan fingerprint density at radius 1 is 0.923 bits per heavy atom. The second-order valence-corrected chi connectivity index (χ2v) is 5.84. The maximum Gasteiger partial charge on any atom is 0.522 e. The molecule has 0 saturated carbocycles. The molecule has 2 rings (SSSR count). The first-order chi connectivity index (χ1) is 12.4. The number of aryl methyl sites for hydroxylation is 2. The average molecular weight is 366 g/mol. The minimum atomic E-state index is -4.57. The van der Waals surface area contributed by atoms with Crippen molar-refractivity contribution in [2.45, 2.75) is 39.0 Å². The zero-order chi connectivity index (χ0) is 19.0. The fourth-order valence-corrected chi connectivity index (χ4v) is 2.39. The number of carbonyl (C=O) groups excluding carboxylic acids is 1. The molecule has 0 aliphatic heterocycles. The predicted molar refractivity (Wildman–Crippen MR) is 92.2 cm³/mol. The number of carbonyl (C=O) groups is 1. The maximum absolute atomic E-state index is 12.1. The van der Waals surface area contributed by atoms with Crippen molar-refractivity contribution in [2.24, 2.45) is 0 Å². The van der Waals surface area contributed by atoms with Crippen LogP contribution in [0.3, 0.4) is 0 Å². The van der Waals surface area contributed by atoms with Gasteiger partial charge in [-0.3, -0.25) is 4.74 Å². The van der Waals surface area contributed by atoms with E-state index in [9.17, 15) is 18.0 Å². The number of ether oxygens (including phenoxy) is 2. The number of esters is 1. The standard InChI is InChI=1S/C20H21F3O3/c1-2-15-8-12-18(13-9-15)26-19(24)17-10-6-16(7-11-17)5-3-4-14-25-20(21,22)23/h6-13H,2-5,14H2,1H3. The molecule has 6 heteroatoms. The van der Waals surface area contributed by atoms with Crippen molar-refractivity contribution in [1.29, 1.82) is 0 Å². The van der Waals surface area contributed by atoms with Crippen molar-refractivity contribution >= 4 is 5.97 Å². The van der Waals surface area contributed by atoms with E-state index in [1.54, 1.807) is 36.4 Å². The Kier molecular flexibility index (Phi) is 7.21. The summed E-state index contributed by atoms with van der Waals surface area (Å²) in [6.45, 7) is 1.71. The maximum atomic E-state index is 12.1. The van der Waals surface area contributed by atoms with E-state index in [0.29, 0.717) is 30.6 Å². The highest BCUT2D eigenvalue weighted by molar-refractivity contribution is 5.91. The number of benzene rings is 2. The highest BCUT2D eigenvalue weighted by Gasteiger charge is 2.28. The molecule has 0 amide bonds. The highest BCUT2D eigenvalue weighted by Crippen LogP contribution is 2.18. The molecule has 0 atom stereocenters. The molecule has 0 radical (unpaired) electrons. The molecule has 0 saturated heterocycles. The van der Waals surface area contributed by atoms with Gasteiger partial charge in [-0.1, -0.05) is 31.2 Å². The number of hydrogen-bond donors (Lipinski definition) is 0. The minimum Gasteiger partial charge on any atom is -0.423 e. The van der Waals surface area contributed by atoms with Crippen LogP contribution in [0.5, 0.6) is 5.75 Å². The van der Waals surface area contributed by atoms with E-state index in [4.69, 9.17) is 4.74 Å². The van der Waals surface area contributed by atoms with Gasteiger partial charge < -0.3 is 4.74 Å². The van der Waals surface area contributed by atoms with Crippen LogP contribution in [-0.2, 0) is 17.6 Å². The average Bonchev–Trinajstić information content (AvgIpc) is 2.61. The van der Waals surface area contributed by atoms with E-state index in [0.717, 1.165) is 17.5 Å². The molecule has 0 aromatic heterocycles. The van der Waals surface area contributed by atoms with Crippen LogP contribution in [-0.4, -0.2) is 18.9 Å². The van der Waals surface area contributed by atoms with Gasteiger partial charge in [0.2, 0.25) is 0 Å². The van der Waals surface area contributed by atoms with Gasteiger partial charge in [-0.05, 0) is 61.1 Å². The molecule has 0 aliphatic rings. The SMILES string of the molecule is CCc1ccc(OC(=O)c2ccc(CCCCOC(F)(F)F)cc2)cc1. The van der Waals surface area contributed by atoms with Crippen molar-refractivity contribution in [3.63, 3.8) is 0 Å². The Morgan fingerprint density at radius 2 is 1.54 bits per heavy atom. The van der Waals surface area contributed by atoms with E-state index in [1.165, 1.54) is 0 Å². The first-order valence-electron chi connectivity index (χ1n) is 8.48. The summed E-state index contributed by atoms with van der Waals surface area (Å²) in [6.07, 6.45) is -2.15. The molecule has 0 N–H and O–H groups in total. The summed E-state index contributed by atoms with van der Waals surface area (Å²) in [6, 6.07) is 14.2. The second kappa shape index (κ2) is 9.38.